The topological polar surface area (TPSA) is 51.5 Å². The van der Waals surface area contributed by atoms with Gasteiger partial charge in [0.2, 0.25) is 0 Å². The van der Waals surface area contributed by atoms with E-state index in [0.29, 0.717) is 18.0 Å². The van der Waals surface area contributed by atoms with Crippen LogP contribution in [0.1, 0.15) is 29.8 Å². The molecule has 21 heavy (non-hydrogen) atoms. The third kappa shape index (κ3) is 4.99. The monoisotopic (exact) mass is 287 g/mol. The second kappa shape index (κ2) is 7.53. The highest BCUT2D eigenvalue weighted by Crippen LogP contribution is 2.13. The number of carbonyl (C=O) groups is 1. The third-order valence-electron chi connectivity index (χ3n) is 2.99. The van der Waals surface area contributed by atoms with Crippen LogP contribution >= 0.6 is 0 Å². The maximum absolute atomic E-state index is 11.7. The van der Waals surface area contributed by atoms with Gasteiger partial charge in [-0.1, -0.05) is 26.0 Å². The average molecular weight is 287 g/mol. The van der Waals surface area contributed by atoms with Gasteiger partial charge in [-0.15, -0.1) is 0 Å². The van der Waals surface area contributed by atoms with Crippen molar-refractivity contribution in [2.75, 3.05) is 13.2 Å². The fraction of sp³-hybridized carbons (Fsp3) is 0.353. The first kappa shape index (κ1) is 15.2. The third-order valence-corrected chi connectivity index (χ3v) is 2.99. The molecule has 112 valence electrons. The van der Waals surface area contributed by atoms with Gasteiger partial charge in [-0.3, -0.25) is 4.79 Å². The summed E-state index contributed by atoms with van der Waals surface area (Å²) in [6.07, 6.45) is 3.72. The van der Waals surface area contributed by atoms with E-state index in [2.05, 4.69) is 19.2 Å². The molecule has 2 aromatic rings. The summed E-state index contributed by atoms with van der Waals surface area (Å²) in [5.41, 5.74) is 1.71. The second-order valence-corrected chi connectivity index (χ2v) is 5.37. The first-order valence-corrected chi connectivity index (χ1v) is 7.17. The van der Waals surface area contributed by atoms with E-state index in [1.54, 1.807) is 6.07 Å². The smallest absolute Gasteiger partial charge is 0.254 e. The Labute approximate surface area is 125 Å². The molecule has 0 saturated carbocycles. The predicted octanol–water partition coefficient (Wildman–Crippen LogP) is 3.29. The molecule has 0 bridgehead atoms. The van der Waals surface area contributed by atoms with E-state index in [4.69, 9.17) is 9.15 Å². The summed E-state index contributed by atoms with van der Waals surface area (Å²) in [4.78, 5) is 11.7. The molecule has 0 fully saturated rings. The summed E-state index contributed by atoms with van der Waals surface area (Å²) in [5.74, 6) is 1.29. The van der Waals surface area contributed by atoms with Gasteiger partial charge in [-0.2, -0.15) is 0 Å². The molecule has 0 aliphatic carbocycles. The Morgan fingerprint density at radius 1 is 1.24 bits per heavy atom. The predicted molar refractivity (Wildman–Crippen MR) is 81.5 cm³/mol. The standard InChI is InChI=1S/C17H21NO3/c1-13(2)11-21-16-5-3-14(4-6-16)7-9-18-17(19)15-8-10-20-12-15/h3-6,8,10,12-13H,7,9,11H2,1-2H3,(H,18,19). The maximum atomic E-state index is 11.7. The molecule has 4 heteroatoms. The van der Waals surface area contributed by atoms with Crippen LogP contribution in [0.2, 0.25) is 0 Å². The Hall–Kier alpha value is -2.23. The van der Waals surface area contributed by atoms with Gasteiger partial charge in [0.15, 0.2) is 0 Å². The van der Waals surface area contributed by atoms with E-state index < -0.39 is 0 Å². The SMILES string of the molecule is CC(C)COc1ccc(CCNC(=O)c2ccoc2)cc1. The zero-order valence-corrected chi connectivity index (χ0v) is 12.5. The van der Waals surface area contributed by atoms with Crippen molar-refractivity contribution < 1.29 is 13.9 Å². The van der Waals surface area contributed by atoms with Crippen LogP contribution < -0.4 is 10.1 Å². The summed E-state index contributed by atoms with van der Waals surface area (Å²) >= 11 is 0. The summed E-state index contributed by atoms with van der Waals surface area (Å²) in [5, 5.41) is 2.86. The summed E-state index contributed by atoms with van der Waals surface area (Å²) in [6.45, 7) is 5.56. The van der Waals surface area contributed by atoms with Crippen molar-refractivity contribution >= 4 is 5.91 Å². The Morgan fingerprint density at radius 2 is 2.00 bits per heavy atom. The van der Waals surface area contributed by atoms with Gasteiger partial charge in [0.25, 0.3) is 5.91 Å². The lowest BCUT2D eigenvalue weighted by Gasteiger charge is -2.09. The van der Waals surface area contributed by atoms with Crippen molar-refractivity contribution in [1.29, 1.82) is 0 Å². The molecule has 1 aromatic carbocycles. The Morgan fingerprint density at radius 3 is 2.62 bits per heavy atom. The lowest BCUT2D eigenvalue weighted by molar-refractivity contribution is 0.0953. The molecule has 1 amide bonds. The Kier molecular flexibility index (Phi) is 5.43. The van der Waals surface area contributed by atoms with Crippen molar-refractivity contribution in [2.24, 2.45) is 5.92 Å². The Bertz CT molecular complexity index is 544. The average Bonchev–Trinajstić information content (AvgIpc) is 3.00. The van der Waals surface area contributed by atoms with E-state index in [1.165, 1.54) is 18.1 Å². The van der Waals surface area contributed by atoms with Gasteiger partial charge in [0.1, 0.15) is 12.0 Å². The van der Waals surface area contributed by atoms with Crippen molar-refractivity contribution in [3.8, 4) is 5.75 Å². The summed E-state index contributed by atoms with van der Waals surface area (Å²) < 4.78 is 10.5. The van der Waals surface area contributed by atoms with Crippen LogP contribution in [-0.2, 0) is 6.42 Å². The number of hydrogen-bond donors (Lipinski definition) is 1. The van der Waals surface area contributed by atoms with E-state index in [-0.39, 0.29) is 5.91 Å². The number of ether oxygens (including phenoxy) is 1. The lowest BCUT2D eigenvalue weighted by atomic mass is 10.1. The van der Waals surface area contributed by atoms with Gasteiger partial charge in [0.05, 0.1) is 18.4 Å². The molecule has 0 aliphatic rings. The summed E-state index contributed by atoms with van der Waals surface area (Å²) in [6, 6.07) is 9.64. The minimum atomic E-state index is -0.111. The number of carbonyl (C=O) groups excluding carboxylic acids is 1. The van der Waals surface area contributed by atoms with Crippen LogP contribution in [0.15, 0.2) is 47.3 Å². The zero-order chi connectivity index (χ0) is 15.1. The van der Waals surface area contributed by atoms with E-state index in [9.17, 15) is 4.79 Å². The van der Waals surface area contributed by atoms with Gasteiger partial charge in [-0.25, -0.2) is 0 Å². The largest absolute Gasteiger partial charge is 0.493 e. The van der Waals surface area contributed by atoms with Gasteiger partial charge < -0.3 is 14.5 Å². The second-order valence-electron chi connectivity index (χ2n) is 5.37. The van der Waals surface area contributed by atoms with E-state index in [1.807, 2.05) is 24.3 Å². The molecule has 0 saturated heterocycles. The number of nitrogens with one attached hydrogen (secondary N) is 1. The number of rotatable bonds is 7. The molecule has 2 rings (SSSR count). The maximum Gasteiger partial charge on any atom is 0.254 e. The molecule has 4 nitrogen and oxygen atoms in total. The van der Waals surface area contributed by atoms with Crippen LogP contribution in [0.25, 0.3) is 0 Å². The van der Waals surface area contributed by atoms with Crippen molar-refractivity contribution in [3.63, 3.8) is 0 Å². The van der Waals surface area contributed by atoms with Crippen molar-refractivity contribution in [2.45, 2.75) is 20.3 Å². The van der Waals surface area contributed by atoms with Gasteiger partial charge in [-0.05, 0) is 36.1 Å². The van der Waals surface area contributed by atoms with E-state index >= 15 is 0 Å². The fourth-order valence-electron chi connectivity index (χ4n) is 1.83. The minimum absolute atomic E-state index is 0.111. The molecule has 0 spiro atoms. The van der Waals surface area contributed by atoms with Crippen molar-refractivity contribution in [1.82, 2.24) is 5.32 Å². The summed E-state index contributed by atoms with van der Waals surface area (Å²) in [7, 11) is 0. The van der Waals surface area contributed by atoms with Crippen LogP contribution in [0, 0.1) is 5.92 Å². The molecular weight excluding hydrogens is 266 g/mol. The molecule has 1 N–H and O–H groups in total. The Balaban J connectivity index is 1.74. The number of furan rings is 1. The first-order chi connectivity index (χ1) is 10.1. The molecule has 1 aromatic heterocycles. The fourth-order valence-corrected chi connectivity index (χ4v) is 1.83. The molecule has 0 unspecified atom stereocenters. The lowest BCUT2D eigenvalue weighted by Crippen LogP contribution is -2.25. The van der Waals surface area contributed by atoms with Crippen LogP contribution in [0.5, 0.6) is 5.75 Å². The first-order valence-electron chi connectivity index (χ1n) is 7.17. The van der Waals surface area contributed by atoms with Gasteiger partial charge in [0, 0.05) is 6.54 Å². The highest BCUT2D eigenvalue weighted by atomic mass is 16.5. The van der Waals surface area contributed by atoms with Crippen LogP contribution in [0.3, 0.4) is 0 Å². The van der Waals surface area contributed by atoms with Crippen molar-refractivity contribution in [3.05, 3.63) is 54.0 Å². The highest BCUT2D eigenvalue weighted by Gasteiger charge is 2.05. The minimum Gasteiger partial charge on any atom is -0.493 e. The van der Waals surface area contributed by atoms with Crippen LogP contribution in [0.4, 0.5) is 0 Å². The molecular formula is C17H21NO3. The molecule has 0 radical (unpaired) electrons. The molecule has 1 heterocycles. The number of hydrogen-bond acceptors (Lipinski definition) is 3. The van der Waals surface area contributed by atoms with Crippen LogP contribution in [-0.4, -0.2) is 19.1 Å². The highest BCUT2D eigenvalue weighted by molar-refractivity contribution is 5.93. The molecule has 0 atom stereocenters. The van der Waals surface area contributed by atoms with Gasteiger partial charge >= 0.3 is 0 Å². The molecule has 0 aliphatic heterocycles. The normalized spacial score (nSPS) is 10.6. The van der Waals surface area contributed by atoms with E-state index in [0.717, 1.165) is 18.8 Å². The number of benzene rings is 1. The zero-order valence-electron chi connectivity index (χ0n) is 12.5. The quantitative estimate of drug-likeness (QED) is 0.850. The number of amides is 1.